The molecule has 0 bridgehead atoms. The number of para-hydroxylation sites is 2. The largest absolute Gasteiger partial charge is 0.349 e. The number of benzene rings is 1. The predicted octanol–water partition coefficient (Wildman–Crippen LogP) is 1.93. The molecule has 0 spiro atoms. The minimum Gasteiger partial charge on any atom is -0.349 e. The van der Waals surface area contributed by atoms with E-state index in [2.05, 4.69) is 10.3 Å². The van der Waals surface area contributed by atoms with Crippen molar-refractivity contribution in [1.29, 1.82) is 0 Å². The Morgan fingerprint density at radius 2 is 1.92 bits per heavy atom. The second-order valence-electron chi connectivity index (χ2n) is 6.56. The Bertz CT molecular complexity index is 745. The minimum absolute atomic E-state index is 0.0144. The van der Waals surface area contributed by atoms with E-state index in [9.17, 15) is 9.59 Å². The van der Waals surface area contributed by atoms with Gasteiger partial charge >= 0.3 is 0 Å². The molecule has 0 atom stereocenters. The lowest BCUT2D eigenvalue weighted by Gasteiger charge is -2.17. The van der Waals surface area contributed by atoms with Crippen molar-refractivity contribution in [2.45, 2.75) is 39.8 Å². The summed E-state index contributed by atoms with van der Waals surface area (Å²) in [6.07, 6.45) is 2.15. The molecule has 24 heavy (non-hydrogen) atoms. The lowest BCUT2D eigenvalue weighted by Crippen LogP contribution is -2.33. The second kappa shape index (κ2) is 7.03. The fraction of sp³-hybridized carbons (Fsp3) is 0.500. The molecule has 2 amide bonds. The van der Waals surface area contributed by atoms with Crippen LogP contribution in [0.4, 0.5) is 0 Å². The highest BCUT2D eigenvalue weighted by Gasteiger charge is 2.21. The molecular weight excluding hydrogens is 304 g/mol. The number of nitrogens with zero attached hydrogens (tertiary/aromatic N) is 3. The van der Waals surface area contributed by atoms with Crippen molar-refractivity contribution in [3.63, 3.8) is 0 Å². The zero-order chi connectivity index (χ0) is 17.1. The van der Waals surface area contributed by atoms with E-state index in [0.29, 0.717) is 6.54 Å². The maximum atomic E-state index is 12.5. The number of aromatic nitrogens is 2. The summed E-state index contributed by atoms with van der Waals surface area (Å²) in [6.45, 7) is 5.99. The number of rotatable bonds is 5. The molecule has 0 unspecified atom stereocenters. The van der Waals surface area contributed by atoms with Crippen molar-refractivity contribution in [2.75, 3.05) is 13.1 Å². The molecule has 2 aromatic rings. The molecule has 6 nitrogen and oxygen atoms in total. The fourth-order valence-corrected chi connectivity index (χ4v) is 3.01. The molecule has 0 saturated carbocycles. The van der Waals surface area contributed by atoms with Crippen LogP contribution in [0.25, 0.3) is 11.0 Å². The number of likely N-dealkylation sites (tertiary alicyclic amines) is 1. The number of carbonyl (C=O) groups is 2. The number of nitrogens with one attached hydrogen (secondary N) is 1. The first-order valence-corrected chi connectivity index (χ1v) is 8.56. The minimum atomic E-state index is -0.0749. The summed E-state index contributed by atoms with van der Waals surface area (Å²) in [6, 6.07) is 7.77. The second-order valence-corrected chi connectivity index (χ2v) is 6.56. The van der Waals surface area contributed by atoms with Crippen LogP contribution in [0.15, 0.2) is 24.3 Å². The van der Waals surface area contributed by atoms with Gasteiger partial charge in [-0.3, -0.25) is 9.59 Å². The molecule has 1 aromatic heterocycles. The van der Waals surface area contributed by atoms with Gasteiger partial charge in [-0.1, -0.05) is 26.0 Å². The van der Waals surface area contributed by atoms with E-state index in [1.54, 1.807) is 0 Å². The third-order valence-electron chi connectivity index (χ3n) is 4.43. The van der Waals surface area contributed by atoms with Crippen LogP contribution in [0.5, 0.6) is 0 Å². The maximum absolute atomic E-state index is 12.5. The standard InChI is InChI=1S/C18H24N4O2/c1-13(2)18(24)19-11-16-20-14-7-3-4-8-15(14)22(16)12-17(23)21-9-5-6-10-21/h3-4,7-8,13H,5-6,9-12H2,1-2H3,(H,19,24). The average molecular weight is 328 g/mol. The third kappa shape index (κ3) is 3.42. The number of fused-ring (bicyclic) bond motifs is 1. The molecule has 1 aliphatic heterocycles. The van der Waals surface area contributed by atoms with E-state index in [-0.39, 0.29) is 24.3 Å². The van der Waals surface area contributed by atoms with Crippen LogP contribution in [0.2, 0.25) is 0 Å². The normalized spacial score (nSPS) is 14.5. The van der Waals surface area contributed by atoms with Crippen molar-refractivity contribution in [3.05, 3.63) is 30.1 Å². The van der Waals surface area contributed by atoms with Gasteiger partial charge in [0.05, 0.1) is 17.6 Å². The molecule has 128 valence electrons. The van der Waals surface area contributed by atoms with Crippen LogP contribution in [-0.2, 0) is 22.7 Å². The van der Waals surface area contributed by atoms with E-state index in [1.165, 1.54) is 0 Å². The zero-order valence-electron chi connectivity index (χ0n) is 14.3. The number of carbonyl (C=O) groups excluding carboxylic acids is 2. The zero-order valence-corrected chi connectivity index (χ0v) is 14.3. The van der Waals surface area contributed by atoms with Gasteiger partial charge in [-0.2, -0.15) is 0 Å². The molecular formula is C18H24N4O2. The Kier molecular flexibility index (Phi) is 4.83. The summed E-state index contributed by atoms with van der Waals surface area (Å²) in [5.74, 6) is 0.748. The van der Waals surface area contributed by atoms with E-state index in [4.69, 9.17) is 0 Å². The number of hydrogen-bond acceptors (Lipinski definition) is 3. The monoisotopic (exact) mass is 328 g/mol. The average Bonchev–Trinajstić information content (AvgIpc) is 3.21. The van der Waals surface area contributed by atoms with Crippen LogP contribution >= 0.6 is 0 Å². The Morgan fingerprint density at radius 3 is 2.62 bits per heavy atom. The number of imidazole rings is 1. The van der Waals surface area contributed by atoms with Crippen molar-refractivity contribution in [3.8, 4) is 0 Å². The van der Waals surface area contributed by atoms with Gasteiger partial charge in [-0.15, -0.1) is 0 Å². The van der Waals surface area contributed by atoms with Gasteiger partial charge in [0.25, 0.3) is 0 Å². The van der Waals surface area contributed by atoms with Gasteiger partial charge < -0.3 is 14.8 Å². The molecule has 2 heterocycles. The summed E-state index contributed by atoms with van der Waals surface area (Å²) in [5, 5.41) is 2.90. The van der Waals surface area contributed by atoms with Gasteiger partial charge in [0.1, 0.15) is 12.4 Å². The van der Waals surface area contributed by atoms with Crippen LogP contribution in [0, 0.1) is 5.92 Å². The Hall–Kier alpha value is -2.37. The fourth-order valence-electron chi connectivity index (χ4n) is 3.01. The van der Waals surface area contributed by atoms with Crippen molar-refractivity contribution in [2.24, 2.45) is 5.92 Å². The molecule has 0 aliphatic carbocycles. The van der Waals surface area contributed by atoms with E-state index >= 15 is 0 Å². The highest BCUT2D eigenvalue weighted by molar-refractivity contribution is 5.82. The van der Waals surface area contributed by atoms with Gasteiger partial charge in [0.2, 0.25) is 11.8 Å². The van der Waals surface area contributed by atoms with Gasteiger partial charge in [0, 0.05) is 19.0 Å². The van der Waals surface area contributed by atoms with Crippen molar-refractivity contribution >= 4 is 22.8 Å². The molecule has 3 rings (SSSR count). The number of hydrogen-bond donors (Lipinski definition) is 1. The van der Waals surface area contributed by atoms with Gasteiger partial charge in [-0.25, -0.2) is 4.98 Å². The molecule has 1 aromatic carbocycles. The molecule has 1 N–H and O–H groups in total. The summed E-state index contributed by atoms with van der Waals surface area (Å²) in [7, 11) is 0. The van der Waals surface area contributed by atoms with E-state index in [0.717, 1.165) is 42.8 Å². The summed E-state index contributed by atoms with van der Waals surface area (Å²) in [4.78, 5) is 30.9. The third-order valence-corrected chi connectivity index (χ3v) is 4.43. The van der Waals surface area contributed by atoms with E-state index < -0.39 is 0 Å². The molecule has 1 fully saturated rings. The van der Waals surface area contributed by atoms with Gasteiger partial charge in [0.15, 0.2) is 0 Å². The summed E-state index contributed by atoms with van der Waals surface area (Å²) < 4.78 is 1.93. The molecule has 1 saturated heterocycles. The quantitative estimate of drug-likeness (QED) is 0.912. The first-order chi connectivity index (χ1) is 11.6. The topological polar surface area (TPSA) is 67.2 Å². The van der Waals surface area contributed by atoms with Crippen molar-refractivity contribution in [1.82, 2.24) is 19.8 Å². The highest BCUT2D eigenvalue weighted by Crippen LogP contribution is 2.17. The lowest BCUT2D eigenvalue weighted by atomic mass is 10.2. The first-order valence-electron chi connectivity index (χ1n) is 8.56. The highest BCUT2D eigenvalue weighted by atomic mass is 16.2. The Morgan fingerprint density at radius 1 is 1.21 bits per heavy atom. The van der Waals surface area contributed by atoms with Crippen LogP contribution in [-0.4, -0.2) is 39.4 Å². The van der Waals surface area contributed by atoms with E-state index in [1.807, 2.05) is 47.6 Å². The Balaban J connectivity index is 1.84. The van der Waals surface area contributed by atoms with Gasteiger partial charge in [-0.05, 0) is 25.0 Å². The molecule has 6 heteroatoms. The molecule has 0 radical (unpaired) electrons. The van der Waals surface area contributed by atoms with Crippen molar-refractivity contribution < 1.29 is 9.59 Å². The van der Waals surface area contributed by atoms with Crippen LogP contribution < -0.4 is 5.32 Å². The summed E-state index contributed by atoms with van der Waals surface area (Å²) in [5.41, 5.74) is 1.78. The van der Waals surface area contributed by atoms with Crippen LogP contribution in [0.1, 0.15) is 32.5 Å². The molecule has 1 aliphatic rings. The first kappa shape index (κ1) is 16.5. The summed E-state index contributed by atoms with van der Waals surface area (Å²) >= 11 is 0. The lowest BCUT2D eigenvalue weighted by molar-refractivity contribution is -0.130. The predicted molar refractivity (Wildman–Crippen MR) is 92.2 cm³/mol. The number of amides is 2. The Labute approximate surface area is 141 Å². The smallest absolute Gasteiger partial charge is 0.242 e. The SMILES string of the molecule is CC(C)C(=O)NCc1nc2ccccc2n1CC(=O)N1CCCC1. The van der Waals surface area contributed by atoms with Crippen LogP contribution in [0.3, 0.4) is 0 Å². The maximum Gasteiger partial charge on any atom is 0.242 e.